The van der Waals surface area contributed by atoms with Crippen LogP contribution in [0.1, 0.15) is 38.5 Å². The molecule has 80 valence electrons. The Morgan fingerprint density at radius 2 is 1.93 bits per heavy atom. The summed E-state index contributed by atoms with van der Waals surface area (Å²) < 4.78 is 5.26. The van der Waals surface area contributed by atoms with Gasteiger partial charge in [-0.25, -0.2) is 0 Å². The van der Waals surface area contributed by atoms with E-state index < -0.39 is 0 Å². The number of carbonyl (C=O) groups is 1. The van der Waals surface area contributed by atoms with Crippen molar-refractivity contribution in [3.05, 3.63) is 0 Å². The maximum Gasteiger partial charge on any atom is 0.310 e. The van der Waals surface area contributed by atoms with Crippen LogP contribution in [-0.2, 0) is 9.53 Å². The normalized spacial score (nSPS) is 32.6. The summed E-state index contributed by atoms with van der Waals surface area (Å²) in [5.41, 5.74) is 5.90. The van der Waals surface area contributed by atoms with E-state index in [-0.39, 0.29) is 17.9 Å². The van der Waals surface area contributed by atoms with Gasteiger partial charge in [0, 0.05) is 6.04 Å². The van der Waals surface area contributed by atoms with Gasteiger partial charge < -0.3 is 10.5 Å². The van der Waals surface area contributed by atoms with Gasteiger partial charge in [-0.15, -0.1) is 0 Å². The summed E-state index contributed by atoms with van der Waals surface area (Å²) in [5, 5.41) is 0. The highest BCUT2D eigenvalue weighted by Gasteiger charge is 2.31. The van der Waals surface area contributed by atoms with Crippen LogP contribution in [0.25, 0.3) is 0 Å². The van der Waals surface area contributed by atoms with Crippen LogP contribution in [0.5, 0.6) is 0 Å². The number of hydrogen-bond donors (Lipinski definition) is 1. The van der Waals surface area contributed by atoms with Gasteiger partial charge in [0.15, 0.2) is 0 Å². The molecule has 3 heteroatoms. The third-order valence-corrected chi connectivity index (χ3v) is 3.28. The fourth-order valence-corrected chi connectivity index (χ4v) is 2.04. The van der Waals surface area contributed by atoms with Crippen LogP contribution in [0.15, 0.2) is 0 Å². The topological polar surface area (TPSA) is 52.3 Å². The van der Waals surface area contributed by atoms with E-state index in [9.17, 15) is 4.79 Å². The molecule has 2 N–H and O–H groups in total. The average Bonchev–Trinajstić information content (AvgIpc) is 2.98. The van der Waals surface area contributed by atoms with Gasteiger partial charge in [0.2, 0.25) is 0 Å². The molecule has 2 saturated carbocycles. The Balaban J connectivity index is 1.76. The van der Waals surface area contributed by atoms with Crippen LogP contribution < -0.4 is 5.73 Å². The minimum Gasteiger partial charge on any atom is -0.465 e. The Kier molecular flexibility index (Phi) is 3.06. The molecule has 0 aromatic rings. The van der Waals surface area contributed by atoms with Gasteiger partial charge in [-0.05, 0) is 31.6 Å². The molecular formula is C11H19NO2. The lowest BCUT2D eigenvalue weighted by Crippen LogP contribution is -2.39. The molecule has 2 rings (SSSR count). The predicted octanol–water partition coefficient (Wildman–Crippen LogP) is 1.46. The first-order valence-electron chi connectivity index (χ1n) is 5.69. The van der Waals surface area contributed by atoms with Gasteiger partial charge in [0.05, 0.1) is 12.5 Å². The molecule has 2 aliphatic carbocycles. The summed E-state index contributed by atoms with van der Waals surface area (Å²) in [7, 11) is 0. The van der Waals surface area contributed by atoms with E-state index in [0.29, 0.717) is 12.5 Å². The van der Waals surface area contributed by atoms with Gasteiger partial charge in [0.1, 0.15) is 0 Å². The van der Waals surface area contributed by atoms with E-state index in [1.807, 2.05) is 0 Å². The summed E-state index contributed by atoms with van der Waals surface area (Å²) in [4.78, 5) is 11.6. The molecule has 14 heavy (non-hydrogen) atoms. The van der Waals surface area contributed by atoms with Crippen LogP contribution in [0.4, 0.5) is 0 Å². The van der Waals surface area contributed by atoms with Crippen LogP contribution in [0.3, 0.4) is 0 Å². The van der Waals surface area contributed by atoms with Crippen molar-refractivity contribution >= 4 is 5.97 Å². The molecule has 3 nitrogen and oxygen atoms in total. The average molecular weight is 197 g/mol. The molecule has 0 saturated heterocycles. The Morgan fingerprint density at radius 3 is 2.57 bits per heavy atom. The van der Waals surface area contributed by atoms with E-state index in [2.05, 4.69) is 0 Å². The zero-order chi connectivity index (χ0) is 9.97. The van der Waals surface area contributed by atoms with Gasteiger partial charge in [-0.1, -0.05) is 12.8 Å². The molecule has 0 heterocycles. The molecule has 0 bridgehead atoms. The summed E-state index contributed by atoms with van der Waals surface area (Å²) >= 11 is 0. The van der Waals surface area contributed by atoms with Crippen molar-refractivity contribution in [2.24, 2.45) is 17.6 Å². The zero-order valence-corrected chi connectivity index (χ0v) is 8.58. The number of nitrogens with two attached hydrogens (primary N) is 1. The van der Waals surface area contributed by atoms with Crippen LogP contribution in [0.2, 0.25) is 0 Å². The Bertz CT molecular complexity index is 213. The first kappa shape index (κ1) is 9.97. The SMILES string of the molecule is NC1CCCCC1C(=O)OCC1CC1. The van der Waals surface area contributed by atoms with Crippen molar-refractivity contribution < 1.29 is 9.53 Å². The molecule has 0 aliphatic heterocycles. The van der Waals surface area contributed by atoms with Crippen molar-refractivity contribution in [1.82, 2.24) is 0 Å². The second-order valence-corrected chi connectivity index (χ2v) is 4.63. The number of esters is 1. The highest BCUT2D eigenvalue weighted by Crippen LogP contribution is 2.30. The minimum absolute atomic E-state index is 0.0255. The van der Waals surface area contributed by atoms with Crippen LogP contribution in [0, 0.1) is 11.8 Å². The number of ether oxygens (including phenoxy) is 1. The molecule has 0 radical (unpaired) electrons. The lowest BCUT2D eigenvalue weighted by Gasteiger charge is -2.26. The summed E-state index contributed by atoms with van der Waals surface area (Å²) in [6, 6.07) is 0.0375. The van der Waals surface area contributed by atoms with Gasteiger partial charge in [-0.3, -0.25) is 4.79 Å². The molecule has 2 unspecified atom stereocenters. The highest BCUT2D eigenvalue weighted by atomic mass is 16.5. The Morgan fingerprint density at radius 1 is 1.21 bits per heavy atom. The first-order valence-corrected chi connectivity index (χ1v) is 5.69. The van der Waals surface area contributed by atoms with Crippen LogP contribution >= 0.6 is 0 Å². The van der Waals surface area contributed by atoms with Crippen molar-refractivity contribution in [3.63, 3.8) is 0 Å². The predicted molar refractivity (Wildman–Crippen MR) is 53.6 cm³/mol. The molecule has 0 amide bonds. The van der Waals surface area contributed by atoms with Crippen molar-refractivity contribution in [2.45, 2.75) is 44.6 Å². The van der Waals surface area contributed by atoms with Crippen LogP contribution in [-0.4, -0.2) is 18.6 Å². The molecular weight excluding hydrogens is 178 g/mol. The molecule has 2 fully saturated rings. The maximum atomic E-state index is 11.6. The van der Waals surface area contributed by atoms with Gasteiger partial charge >= 0.3 is 5.97 Å². The van der Waals surface area contributed by atoms with Crippen molar-refractivity contribution in [2.75, 3.05) is 6.61 Å². The minimum atomic E-state index is -0.0518. The summed E-state index contributed by atoms with van der Waals surface area (Å²) in [6.07, 6.45) is 6.63. The summed E-state index contributed by atoms with van der Waals surface area (Å²) in [6.45, 7) is 0.627. The van der Waals surface area contributed by atoms with Gasteiger partial charge in [0.25, 0.3) is 0 Å². The standard InChI is InChI=1S/C11H19NO2/c12-10-4-2-1-3-9(10)11(13)14-7-8-5-6-8/h8-10H,1-7,12H2. The van der Waals surface area contributed by atoms with E-state index >= 15 is 0 Å². The molecule has 0 spiro atoms. The van der Waals surface area contributed by atoms with Gasteiger partial charge in [-0.2, -0.15) is 0 Å². The van der Waals surface area contributed by atoms with Crippen molar-refractivity contribution in [3.8, 4) is 0 Å². The lowest BCUT2D eigenvalue weighted by atomic mass is 9.85. The first-order chi connectivity index (χ1) is 6.77. The maximum absolute atomic E-state index is 11.6. The number of hydrogen-bond acceptors (Lipinski definition) is 3. The second kappa shape index (κ2) is 4.30. The fraction of sp³-hybridized carbons (Fsp3) is 0.909. The lowest BCUT2D eigenvalue weighted by molar-refractivity contribution is -0.150. The zero-order valence-electron chi connectivity index (χ0n) is 8.58. The highest BCUT2D eigenvalue weighted by molar-refractivity contribution is 5.73. The smallest absolute Gasteiger partial charge is 0.310 e. The fourth-order valence-electron chi connectivity index (χ4n) is 2.04. The number of carbonyl (C=O) groups excluding carboxylic acids is 1. The molecule has 2 atom stereocenters. The third-order valence-electron chi connectivity index (χ3n) is 3.28. The summed E-state index contributed by atoms with van der Waals surface area (Å²) in [5.74, 6) is 0.574. The Hall–Kier alpha value is -0.570. The number of rotatable bonds is 3. The van der Waals surface area contributed by atoms with E-state index in [4.69, 9.17) is 10.5 Å². The van der Waals surface area contributed by atoms with Crippen molar-refractivity contribution in [1.29, 1.82) is 0 Å². The molecule has 0 aromatic carbocycles. The van der Waals surface area contributed by atoms with E-state index in [1.54, 1.807) is 0 Å². The second-order valence-electron chi connectivity index (χ2n) is 4.63. The largest absolute Gasteiger partial charge is 0.465 e. The molecule has 0 aromatic heterocycles. The van der Waals surface area contributed by atoms with E-state index in [1.165, 1.54) is 12.8 Å². The third kappa shape index (κ3) is 2.47. The van der Waals surface area contributed by atoms with E-state index in [0.717, 1.165) is 25.7 Å². The Labute approximate surface area is 85.0 Å². The quantitative estimate of drug-likeness (QED) is 0.697. The monoisotopic (exact) mass is 197 g/mol. The molecule has 2 aliphatic rings.